The lowest BCUT2D eigenvalue weighted by Crippen LogP contribution is -2.06. The molecule has 0 aromatic heterocycles. The molecule has 1 aliphatic rings. The second kappa shape index (κ2) is 3.06. The third-order valence-corrected chi connectivity index (χ3v) is 2.42. The van der Waals surface area contributed by atoms with E-state index in [1.807, 2.05) is 18.2 Å². The van der Waals surface area contributed by atoms with Crippen LogP contribution < -0.4 is 0 Å². The molecule has 0 radical (unpaired) electrons. The summed E-state index contributed by atoms with van der Waals surface area (Å²) < 4.78 is 0. The van der Waals surface area contributed by atoms with Gasteiger partial charge in [0.05, 0.1) is 11.6 Å². The lowest BCUT2D eigenvalue weighted by Gasteiger charge is -2.17. The van der Waals surface area contributed by atoms with Crippen molar-refractivity contribution in [3.05, 3.63) is 41.5 Å². The number of allylic oxidation sites excluding steroid dienone is 2. The van der Waals surface area contributed by atoms with Gasteiger partial charge >= 0.3 is 0 Å². The molecule has 1 nitrogen and oxygen atoms in total. The molecule has 0 heterocycles. The first-order valence-electron chi connectivity index (χ1n) is 4.51. The number of hydrogen-bond acceptors (Lipinski definition) is 1. The van der Waals surface area contributed by atoms with Gasteiger partial charge in [-0.15, -0.1) is 0 Å². The quantitative estimate of drug-likeness (QED) is 0.585. The maximum Gasteiger partial charge on any atom is 0.0994 e. The van der Waals surface area contributed by atoms with E-state index in [9.17, 15) is 0 Å². The summed E-state index contributed by atoms with van der Waals surface area (Å²) in [5, 5.41) is 8.94. The number of fused-ring (bicyclic) bond motifs is 1. The van der Waals surface area contributed by atoms with Gasteiger partial charge in [-0.2, -0.15) is 5.26 Å². The van der Waals surface area contributed by atoms with E-state index >= 15 is 0 Å². The maximum atomic E-state index is 8.94. The summed E-state index contributed by atoms with van der Waals surface area (Å²) in [7, 11) is 0. The molecule has 1 aliphatic carbocycles. The zero-order valence-electron chi connectivity index (χ0n) is 7.62. The molecular formula is C12H11N. The minimum Gasteiger partial charge on any atom is -0.192 e. The summed E-state index contributed by atoms with van der Waals surface area (Å²) in [6, 6.07) is 10.4. The van der Waals surface area contributed by atoms with Crippen LogP contribution in [-0.2, 0) is 6.42 Å². The zero-order valence-corrected chi connectivity index (χ0v) is 7.62. The van der Waals surface area contributed by atoms with E-state index in [2.05, 4.69) is 25.1 Å². The largest absolute Gasteiger partial charge is 0.192 e. The molecular weight excluding hydrogens is 158 g/mol. The van der Waals surface area contributed by atoms with Gasteiger partial charge in [0.15, 0.2) is 0 Å². The molecule has 0 amide bonds. The molecule has 1 aromatic carbocycles. The van der Waals surface area contributed by atoms with Gasteiger partial charge in [0.1, 0.15) is 0 Å². The first-order chi connectivity index (χ1) is 6.31. The number of benzene rings is 1. The summed E-state index contributed by atoms with van der Waals surface area (Å²) in [5.41, 5.74) is 3.24. The van der Waals surface area contributed by atoms with Crippen LogP contribution in [0.2, 0.25) is 0 Å². The lowest BCUT2D eigenvalue weighted by molar-refractivity contribution is 0.714. The van der Waals surface area contributed by atoms with Gasteiger partial charge in [-0.3, -0.25) is 0 Å². The van der Waals surface area contributed by atoms with Gasteiger partial charge < -0.3 is 0 Å². The van der Waals surface area contributed by atoms with Crippen molar-refractivity contribution < 1.29 is 0 Å². The SMILES string of the molecule is CC1C=C(C#N)c2ccccc2C1. The normalized spacial score (nSPS) is 20.0. The molecule has 1 aromatic rings. The highest BCUT2D eigenvalue weighted by Gasteiger charge is 2.15. The first-order valence-corrected chi connectivity index (χ1v) is 4.51. The first kappa shape index (κ1) is 8.07. The van der Waals surface area contributed by atoms with Crippen LogP contribution in [0, 0.1) is 17.2 Å². The summed E-state index contributed by atoms with van der Waals surface area (Å²) in [6.45, 7) is 2.15. The van der Waals surface area contributed by atoms with Crippen LogP contribution in [0.4, 0.5) is 0 Å². The van der Waals surface area contributed by atoms with Crippen molar-refractivity contribution in [1.82, 2.24) is 0 Å². The Labute approximate surface area is 78.3 Å². The Morgan fingerprint density at radius 1 is 1.38 bits per heavy atom. The minimum atomic E-state index is 0.490. The van der Waals surface area contributed by atoms with E-state index in [1.165, 1.54) is 5.56 Å². The average molecular weight is 169 g/mol. The molecule has 0 fully saturated rings. The van der Waals surface area contributed by atoms with Crippen LogP contribution in [0.3, 0.4) is 0 Å². The second-order valence-corrected chi connectivity index (χ2v) is 3.53. The molecule has 0 N–H and O–H groups in total. The van der Waals surface area contributed by atoms with Gasteiger partial charge in [-0.05, 0) is 23.5 Å². The van der Waals surface area contributed by atoms with E-state index in [1.54, 1.807) is 0 Å². The predicted octanol–water partition coefficient (Wildman–Crippen LogP) is 2.79. The van der Waals surface area contributed by atoms with Gasteiger partial charge in [0.25, 0.3) is 0 Å². The molecule has 0 saturated heterocycles. The fourth-order valence-corrected chi connectivity index (χ4v) is 1.84. The van der Waals surface area contributed by atoms with Crippen molar-refractivity contribution in [3.63, 3.8) is 0 Å². The second-order valence-electron chi connectivity index (χ2n) is 3.53. The highest BCUT2D eigenvalue weighted by molar-refractivity contribution is 5.80. The standard InChI is InChI=1S/C12H11N/c1-9-6-10-4-2-3-5-12(10)11(7-9)8-13/h2-5,7,9H,6H2,1H3. The molecule has 0 aliphatic heterocycles. The van der Waals surface area contributed by atoms with Crippen LogP contribution in [0.5, 0.6) is 0 Å². The fraction of sp³-hybridized carbons (Fsp3) is 0.250. The Hall–Kier alpha value is -1.55. The van der Waals surface area contributed by atoms with E-state index < -0.39 is 0 Å². The highest BCUT2D eigenvalue weighted by Crippen LogP contribution is 2.28. The van der Waals surface area contributed by atoms with E-state index in [4.69, 9.17) is 5.26 Å². The smallest absolute Gasteiger partial charge is 0.0994 e. The van der Waals surface area contributed by atoms with Crippen molar-refractivity contribution >= 4 is 5.57 Å². The Morgan fingerprint density at radius 2 is 2.15 bits per heavy atom. The Morgan fingerprint density at radius 3 is 2.92 bits per heavy atom. The van der Waals surface area contributed by atoms with Crippen LogP contribution in [0.25, 0.3) is 5.57 Å². The lowest BCUT2D eigenvalue weighted by atomic mass is 9.86. The van der Waals surface area contributed by atoms with Crippen molar-refractivity contribution in [2.45, 2.75) is 13.3 Å². The fourth-order valence-electron chi connectivity index (χ4n) is 1.84. The number of nitriles is 1. The van der Waals surface area contributed by atoms with E-state index in [0.29, 0.717) is 5.92 Å². The van der Waals surface area contributed by atoms with Gasteiger partial charge in [-0.1, -0.05) is 37.3 Å². The summed E-state index contributed by atoms with van der Waals surface area (Å²) in [5.74, 6) is 0.490. The van der Waals surface area contributed by atoms with Crippen LogP contribution >= 0.6 is 0 Å². The van der Waals surface area contributed by atoms with E-state index in [-0.39, 0.29) is 0 Å². The highest BCUT2D eigenvalue weighted by atomic mass is 14.3. The molecule has 1 heteroatoms. The number of hydrogen-bond donors (Lipinski definition) is 0. The maximum absolute atomic E-state index is 8.94. The third-order valence-electron chi connectivity index (χ3n) is 2.42. The van der Waals surface area contributed by atoms with Gasteiger partial charge in [-0.25, -0.2) is 0 Å². The molecule has 64 valence electrons. The van der Waals surface area contributed by atoms with E-state index in [0.717, 1.165) is 17.6 Å². The number of rotatable bonds is 0. The molecule has 0 saturated carbocycles. The molecule has 0 bridgehead atoms. The Bertz CT molecular complexity index is 396. The molecule has 1 unspecified atom stereocenters. The van der Waals surface area contributed by atoms with Crippen molar-refractivity contribution in [3.8, 4) is 6.07 Å². The molecule has 0 spiro atoms. The third kappa shape index (κ3) is 1.36. The monoisotopic (exact) mass is 169 g/mol. The van der Waals surface area contributed by atoms with Crippen LogP contribution in [0.15, 0.2) is 30.3 Å². The molecule has 1 atom stereocenters. The Kier molecular flexibility index (Phi) is 1.90. The van der Waals surface area contributed by atoms with Crippen LogP contribution in [0.1, 0.15) is 18.1 Å². The van der Waals surface area contributed by atoms with Gasteiger partial charge in [0.2, 0.25) is 0 Å². The van der Waals surface area contributed by atoms with Gasteiger partial charge in [0, 0.05) is 0 Å². The minimum absolute atomic E-state index is 0.490. The number of nitrogens with zero attached hydrogens (tertiary/aromatic N) is 1. The average Bonchev–Trinajstić information content (AvgIpc) is 2.16. The van der Waals surface area contributed by atoms with Crippen molar-refractivity contribution in [1.29, 1.82) is 5.26 Å². The van der Waals surface area contributed by atoms with Crippen molar-refractivity contribution in [2.75, 3.05) is 0 Å². The molecule has 13 heavy (non-hydrogen) atoms. The summed E-state index contributed by atoms with van der Waals surface area (Å²) >= 11 is 0. The van der Waals surface area contributed by atoms with Crippen LogP contribution in [-0.4, -0.2) is 0 Å². The summed E-state index contributed by atoms with van der Waals surface area (Å²) in [4.78, 5) is 0. The topological polar surface area (TPSA) is 23.8 Å². The van der Waals surface area contributed by atoms with Crippen molar-refractivity contribution in [2.24, 2.45) is 5.92 Å². The zero-order chi connectivity index (χ0) is 9.26. The predicted molar refractivity (Wildman–Crippen MR) is 52.9 cm³/mol. The Balaban J connectivity index is 2.57. The summed E-state index contributed by atoms with van der Waals surface area (Å²) in [6.07, 6.45) is 3.11. The molecule has 2 rings (SSSR count).